The minimum Gasteiger partial charge on any atom is -0.497 e. The van der Waals surface area contributed by atoms with Crippen molar-refractivity contribution in [1.29, 1.82) is 0 Å². The van der Waals surface area contributed by atoms with Crippen LogP contribution in [0.3, 0.4) is 0 Å². The van der Waals surface area contributed by atoms with Gasteiger partial charge in [0.15, 0.2) is 0 Å². The van der Waals surface area contributed by atoms with Gasteiger partial charge in [0.25, 0.3) is 0 Å². The first-order valence-corrected chi connectivity index (χ1v) is 6.61. The summed E-state index contributed by atoms with van der Waals surface area (Å²) in [6.07, 6.45) is 3.90. The number of nitrogens with one attached hydrogen (secondary N) is 1. The van der Waals surface area contributed by atoms with Crippen LogP contribution in [0.4, 0.5) is 0 Å². The van der Waals surface area contributed by atoms with Gasteiger partial charge in [-0.05, 0) is 49.9 Å². The van der Waals surface area contributed by atoms with Crippen LogP contribution >= 0.6 is 0 Å². The first-order chi connectivity index (χ1) is 8.78. The molecule has 18 heavy (non-hydrogen) atoms. The molecule has 1 aromatic carbocycles. The second-order valence-electron chi connectivity index (χ2n) is 4.99. The summed E-state index contributed by atoms with van der Waals surface area (Å²) >= 11 is 0. The van der Waals surface area contributed by atoms with Crippen molar-refractivity contribution >= 4 is 0 Å². The molecule has 0 amide bonds. The Morgan fingerprint density at radius 3 is 2.67 bits per heavy atom. The topological polar surface area (TPSA) is 30.5 Å². The van der Waals surface area contributed by atoms with Gasteiger partial charge >= 0.3 is 0 Å². The standard InChI is InChI=1S/C15H23NO2/c1-16-14(15(18-3)12-7-8-12)10-11-5-4-6-13(9-11)17-2/h4-6,9,12,14-16H,7-8,10H2,1-3H3. The number of hydrogen-bond acceptors (Lipinski definition) is 3. The van der Waals surface area contributed by atoms with Crippen molar-refractivity contribution in [2.45, 2.75) is 31.4 Å². The summed E-state index contributed by atoms with van der Waals surface area (Å²) in [4.78, 5) is 0. The summed E-state index contributed by atoms with van der Waals surface area (Å²) in [5.74, 6) is 1.65. The highest BCUT2D eigenvalue weighted by Gasteiger charge is 2.36. The molecule has 1 fully saturated rings. The fraction of sp³-hybridized carbons (Fsp3) is 0.600. The molecule has 0 radical (unpaired) electrons. The molecule has 0 heterocycles. The Morgan fingerprint density at radius 2 is 2.11 bits per heavy atom. The van der Waals surface area contributed by atoms with Gasteiger partial charge in [-0.25, -0.2) is 0 Å². The SMILES string of the molecule is CNC(Cc1cccc(OC)c1)C(OC)C1CC1. The number of ether oxygens (including phenoxy) is 2. The number of methoxy groups -OCH3 is 2. The molecule has 0 bridgehead atoms. The van der Waals surface area contributed by atoms with Gasteiger partial charge in [0, 0.05) is 13.2 Å². The van der Waals surface area contributed by atoms with Crippen molar-refractivity contribution in [2.75, 3.05) is 21.3 Å². The van der Waals surface area contributed by atoms with E-state index in [0.29, 0.717) is 12.1 Å². The summed E-state index contributed by atoms with van der Waals surface area (Å²) in [5, 5.41) is 3.39. The second-order valence-corrected chi connectivity index (χ2v) is 4.99. The third-order valence-electron chi connectivity index (χ3n) is 3.72. The van der Waals surface area contributed by atoms with Gasteiger partial charge in [-0.1, -0.05) is 12.1 Å². The van der Waals surface area contributed by atoms with E-state index in [1.54, 1.807) is 7.11 Å². The minimum atomic E-state index is 0.321. The monoisotopic (exact) mass is 249 g/mol. The van der Waals surface area contributed by atoms with E-state index in [1.165, 1.54) is 18.4 Å². The maximum atomic E-state index is 5.66. The predicted molar refractivity (Wildman–Crippen MR) is 73.1 cm³/mol. The van der Waals surface area contributed by atoms with E-state index >= 15 is 0 Å². The molecule has 100 valence electrons. The number of benzene rings is 1. The van der Waals surface area contributed by atoms with Crippen molar-refractivity contribution in [3.63, 3.8) is 0 Å². The van der Waals surface area contributed by atoms with Gasteiger partial charge in [-0.2, -0.15) is 0 Å². The largest absolute Gasteiger partial charge is 0.497 e. The molecule has 2 unspecified atom stereocenters. The Bertz CT molecular complexity index is 377. The summed E-state index contributed by atoms with van der Waals surface area (Å²) in [6, 6.07) is 8.64. The molecule has 1 saturated carbocycles. The molecule has 2 rings (SSSR count). The summed E-state index contributed by atoms with van der Waals surface area (Å²) in [6.45, 7) is 0. The van der Waals surface area contributed by atoms with E-state index in [4.69, 9.17) is 9.47 Å². The van der Waals surface area contributed by atoms with Gasteiger partial charge < -0.3 is 14.8 Å². The van der Waals surface area contributed by atoms with Crippen molar-refractivity contribution in [3.8, 4) is 5.75 Å². The molecule has 0 saturated heterocycles. The molecule has 0 spiro atoms. The Labute approximate surface area is 109 Å². The Balaban J connectivity index is 2.04. The van der Waals surface area contributed by atoms with Crippen molar-refractivity contribution in [2.24, 2.45) is 5.92 Å². The van der Waals surface area contributed by atoms with E-state index in [0.717, 1.165) is 18.1 Å². The van der Waals surface area contributed by atoms with Gasteiger partial charge in [-0.3, -0.25) is 0 Å². The van der Waals surface area contributed by atoms with Crippen LogP contribution in [-0.2, 0) is 11.2 Å². The Morgan fingerprint density at radius 1 is 1.33 bits per heavy atom. The minimum absolute atomic E-state index is 0.321. The maximum Gasteiger partial charge on any atom is 0.119 e. The molecule has 1 N–H and O–H groups in total. The van der Waals surface area contributed by atoms with Crippen molar-refractivity contribution < 1.29 is 9.47 Å². The van der Waals surface area contributed by atoms with Crippen LogP contribution in [0.25, 0.3) is 0 Å². The molecule has 2 atom stereocenters. The van der Waals surface area contributed by atoms with Crippen molar-refractivity contribution in [1.82, 2.24) is 5.32 Å². The van der Waals surface area contributed by atoms with Gasteiger partial charge in [0.05, 0.1) is 13.2 Å². The molecule has 3 nitrogen and oxygen atoms in total. The third-order valence-corrected chi connectivity index (χ3v) is 3.72. The van der Waals surface area contributed by atoms with Crippen LogP contribution < -0.4 is 10.1 Å². The van der Waals surface area contributed by atoms with E-state index in [-0.39, 0.29) is 0 Å². The number of hydrogen-bond donors (Lipinski definition) is 1. The van der Waals surface area contributed by atoms with Crippen LogP contribution in [-0.4, -0.2) is 33.4 Å². The Kier molecular flexibility index (Phi) is 4.61. The number of likely N-dealkylation sites (N-methyl/N-ethyl adjacent to an activating group) is 1. The van der Waals surface area contributed by atoms with E-state index in [1.807, 2.05) is 26.3 Å². The summed E-state index contributed by atoms with van der Waals surface area (Å²) in [5.41, 5.74) is 1.29. The molecule has 1 aliphatic rings. The average molecular weight is 249 g/mol. The smallest absolute Gasteiger partial charge is 0.119 e. The van der Waals surface area contributed by atoms with Crippen LogP contribution in [0.5, 0.6) is 5.75 Å². The van der Waals surface area contributed by atoms with Crippen LogP contribution in [0.15, 0.2) is 24.3 Å². The highest BCUT2D eigenvalue weighted by Crippen LogP contribution is 2.36. The highest BCUT2D eigenvalue weighted by molar-refractivity contribution is 5.29. The lowest BCUT2D eigenvalue weighted by molar-refractivity contribution is 0.0534. The Hall–Kier alpha value is -1.06. The first-order valence-electron chi connectivity index (χ1n) is 6.61. The first kappa shape index (κ1) is 13.4. The zero-order valence-corrected chi connectivity index (χ0v) is 11.5. The van der Waals surface area contributed by atoms with Gasteiger partial charge in [0.1, 0.15) is 5.75 Å². The molecule has 1 aromatic rings. The molecule has 0 aromatic heterocycles. The average Bonchev–Trinajstić information content (AvgIpc) is 3.23. The number of rotatable bonds is 7. The third kappa shape index (κ3) is 3.24. The fourth-order valence-electron chi connectivity index (χ4n) is 2.55. The summed E-state index contributed by atoms with van der Waals surface area (Å²) in [7, 11) is 5.54. The van der Waals surface area contributed by atoms with Crippen LogP contribution in [0.1, 0.15) is 18.4 Å². The second kappa shape index (κ2) is 6.21. The lowest BCUT2D eigenvalue weighted by Crippen LogP contribution is -2.41. The highest BCUT2D eigenvalue weighted by atomic mass is 16.5. The molecular formula is C15H23NO2. The van der Waals surface area contributed by atoms with Crippen LogP contribution in [0.2, 0.25) is 0 Å². The van der Waals surface area contributed by atoms with Crippen LogP contribution in [0, 0.1) is 5.92 Å². The van der Waals surface area contributed by atoms with Gasteiger partial charge in [0.2, 0.25) is 0 Å². The zero-order chi connectivity index (χ0) is 13.0. The lowest BCUT2D eigenvalue weighted by Gasteiger charge is -2.26. The van der Waals surface area contributed by atoms with Gasteiger partial charge in [-0.15, -0.1) is 0 Å². The molecule has 0 aliphatic heterocycles. The van der Waals surface area contributed by atoms with E-state index in [2.05, 4.69) is 17.4 Å². The molecular weight excluding hydrogens is 226 g/mol. The zero-order valence-electron chi connectivity index (χ0n) is 11.5. The molecule has 1 aliphatic carbocycles. The normalized spacial score (nSPS) is 18.4. The predicted octanol–water partition coefficient (Wildman–Crippen LogP) is 2.25. The maximum absolute atomic E-state index is 5.66. The summed E-state index contributed by atoms with van der Waals surface area (Å²) < 4.78 is 10.9. The lowest BCUT2D eigenvalue weighted by atomic mass is 9.98. The fourth-order valence-corrected chi connectivity index (χ4v) is 2.55. The van der Waals surface area contributed by atoms with E-state index in [9.17, 15) is 0 Å². The molecule has 3 heteroatoms. The quantitative estimate of drug-likeness (QED) is 0.804. The van der Waals surface area contributed by atoms with E-state index < -0.39 is 0 Å². The van der Waals surface area contributed by atoms with Crippen molar-refractivity contribution in [3.05, 3.63) is 29.8 Å².